The second-order valence-electron chi connectivity index (χ2n) is 15.1. The zero-order valence-electron chi connectivity index (χ0n) is 24.3. The van der Waals surface area contributed by atoms with Crippen LogP contribution in [0, 0.1) is 56.7 Å². The van der Waals surface area contributed by atoms with E-state index in [4.69, 9.17) is 4.74 Å². The summed E-state index contributed by atoms with van der Waals surface area (Å²) in [7, 11) is 0. The summed E-state index contributed by atoms with van der Waals surface area (Å²) < 4.78 is 5.85. The van der Waals surface area contributed by atoms with Gasteiger partial charge in [-0.2, -0.15) is 0 Å². The second kappa shape index (κ2) is 8.57. The maximum atomic E-state index is 12.8. The Hall–Kier alpha value is -1.85. The minimum absolute atomic E-state index is 0.0495. The molecule has 5 saturated carbocycles. The molecule has 0 radical (unpaired) electrons. The fourth-order valence-electron chi connectivity index (χ4n) is 11.9. The first-order valence-corrected chi connectivity index (χ1v) is 14.9. The normalized spacial score (nSPS) is 49.0. The van der Waals surface area contributed by atoms with Gasteiger partial charge in [-0.3, -0.25) is 9.59 Å². The molecule has 6 heteroatoms. The molecule has 9 unspecified atom stereocenters. The van der Waals surface area contributed by atoms with Crippen molar-refractivity contribution in [3.05, 3.63) is 12.2 Å². The Labute approximate surface area is 228 Å². The fraction of sp³-hybridized carbons (Fsp3) is 0.844. The molecule has 5 rings (SSSR count). The van der Waals surface area contributed by atoms with Gasteiger partial charge in [-0.15, -0.1) is 0 Å². The molecule has 0 aromatic rings. The molecule has 0 aromatic heterocycles. The molecular weight excluding hydrogens is 480 g/mol. The van der Waals surface area contributed by atoms with Gasteiger partial charge in [0.05, 0.1) is 5.41 Å². The molecule has 5 fully saturated rings. The number of carbonyl (C=O) groups is 3. The Balaban J connectivity index is 1.53. The molecule has 0 bridgehead atoms. The van der Waals surface area contributed by atoms with Crippen molar-refractivity contribution in [2.24, 2.45) is 56.7 Å². The number of aliphatic carboxylic acids is 2. The molecule has 0 heterocycles. The highest BCUT2D eigenvalue weighted by Gasteiger charge is 2.72. The van der Waals surface area contributed by atoms with Crippen LogP contribution in [0.5, 0.6) is 0 Å². The molecular formula is C32H48O6. The van der Waals surface area contributed by atoms with E-state index in [1.165, 1.54) is 6.92 Å². The summed E-state index contributed by atoms with van der Waals surface area (Å²) in [5.41, 5.74) is -0.599. The van der Waals surface area contributed by atoms with E-state index in [2.05, 4.69) is 41.2 Å². The molecule has 10 atom stereocenters. The van der Waals surface area contributed by atoms with Gasteiger partial charge in [-0.05, 0) is 110 Å². The maximum absolute atomic E-state index is 12.8. The summed E-state index contributed by atoms with van der Waals surface area (Å²) in [5.74, 6) is -1.20. The van der Waals surface area contributed by atoms with E-state index in [0.717, 1.165) is 44.9 Å². The Bertz CT molecular complexity index is 1060. The first-order valence-electron chi connectivity index (χ1n) is 14.9. The van der Waals surface area contributed by atoms with Crippen LogP contribution in [0.1, 0.15) is 106 Å². The lowest BCUT2D eigenvalue weighted by Crippen LogP contribution is -2.67. The highest BCUT2D eigenvalue weighted by molar-refractivity contribution is 5.87. The summed E-state index contributed by atoms with van der Waals surface area (Å²) in [5, 5.41) is 20.4. The smallest absolute Gasteiger partial charge is 0.331 e. The number of fused-ring (bicyclic) bond motifs is 7. The van der Waals surface area contributed by atoms with E-state index >= 15 is 0 Å². The van der Waals surface area contributed by atoms with Crippen LogP contribution < -0.4 is 0 Å². The number of ether oxygens (including phenoxy) is 1. The van der Waals surface area contributed by atoms with Gasteiger partial charge in [0, 0.05) is 17.9 Å². The van der Waals surface area contributed by atoms with Gasteiger partial charge in [-0.1, -0.05) is 41.2 Å². The van der Waals surface area contributed by atoms with Crippen molar-refractivity contribution < 1.29 is 29.3 Å². The van der Waals surface area contributed by atoms with Gasteiger partial charge >= 0.3 is 17.9 Å². The monoisotopic (exact) mass is 528 g/mol. The lowest BCUT2D eigenvalue weighted by Gasteiger charge is -2.72. The van der Waals surface area contributed by atoms with Crippen molar-refractivity contribution in [1.29, 1.82) is 0 Å². The molecule has 0 aromatic carbocycles. The van der Waals surface area contributed by atoms with Gasteiger partial charge in [-0.25, -0.2) is 4.79 Å². The Morgan fingerprint density at radius 1 is 0.789 bits per heavy atom. The molecule has 0 aliphatic heterocycles. The first-order chi connectivity index (χ1) is 17.6. The van der Waals surface area contributed by atoms with Gasteiger partial charge in [0.25, 0.3) is 0 Å². The van der Waals surface area contributed by atoms with Gasteiger partial charge in [0.1, 0.15) is 6.10 Å². The predicted molar refractivity (Wildman–Crippen MR) is 144 cm³/mol. The molecule has 0 saturated heterocycles. The van der Waals surface area contributed by atoms with E-state index in [1.54, 1.807) is 0 Å². The van der Waals surface area contributed by atoms with E-state index in [0.29, 0.717) is 31.1 Å². The quantitative estimate of drug-likeness (QED) is 0.310. The molecule has 0 amide bonds. The summed E-state index contributed by atoms with van der Waals surface area (Å²) >= 11 is 0. The molecule has 2 N–H and O–H groups in total. The van der Waals surface area contributed by atoms with E-state index in [9.17, 15) is 24.6 Å². The first kappa shape index (κ1) is 27.7. The SMILES string of the molecule is C=C(C(=O)O)C1CC[C@]2(C(=O)O)CCC3(C)C(CCC4C5(C)CCC(OC(C)=O)C(C)(C)C5CCC43C)C12. The molecule has 212 valence electrons. The fourth-order valence-corrected chi connectivity index (χ4v) is 11.9. The summed E-state index contributed by atoms with van der Waals surface area (Å²) in [6.07, 6.45) is 8.73. The maximum Gasteiger partial charge on any atom is 0.331 e. The van der Waals surface area contributed by atoms with Crippen LogP contribution in [0.4, 0.5) is 0 Å². The number of hydrogen-bond acceptors (Lipinski definition) is 4. The number of esters is 1. The van der Waals surface area contributed by atoms with Crippen LogP contribution >= 0.6 is 0 Å². The third-order valence-corrected chi connectivity index (χ3v) is 13.8. The number of carboxylic acids is 2. The van der Waals surface area contributed by atoms with Gasteiger partial charge in [0.2, 0.25) is 0 Å². The lowest BCUT2D eigenvalue weighted by molar-refractivity contribution is -0.250. The van der Waals surface area contributed by atoms with E-state index in [1.807, 2.05) is 0 Å². The molecule has 6 nitrogen and oxygen atoms in total. The summed E-state index contributed by atoms with van der Waals surface area (Å²) in [4.78, 5) is 36.8. The van der Waals surface area contributed by atoms with Crippen molar-refractivity contribution in [2.75, 3.05) is 0 Å². The van der Waals surface area contributed by atoms with Crippen molar-refractivity contribution in [2.45, 2.75) is 112 Å². The summed E-state index contributed by atoms with van der Waals surface area (Å²) in [6.45, 7) is 17.5. The minimum Gasteiger partial charge on any atom is -0.481 e. The van der Waals surface area contributed by atoms with Crippen molar-refractivity contribution in [3.63, 3.8) is 0 Å². The lowest BCUT2D eigenvalue weighted by atomic mass is 9.32. The Morgan fingerprint density at radius 2 is 1.47 bits per heavy atom. The largest absolute Gasteiger partial charge is 0.481 e. The highest BCUT2D eigenvalue weighted by Crippen LogP contribution is 2.77. The van der Waals surface area contributed by atoms with E-state index in [-0.39, 0.29) is 57.1 Å². The van der Waals surface area contributed by atoms with Crippen LogP contribution in [-0.4, -0.2) is 34.2 Å². The average molecular weight is 529 g/mol. The average Bonchev–Trinajstić information content (AvgIpc) is 3.21. The standard InChI is InChI=1S/C32H48O6/c1-18(26(34)35)20-10-15-32(27(36)37)17-16-30(6)21(25(20)32)8-9-23-29(5)13-12-24(38-19(2)33)28(3,4)22(29)11-14-31(23,30)7/h20-25H,1,8-17H2,2-7H3,(H,34,35)(H,36,37)/t20?,21?,22?,23?,24?,25?,29?,30?,31?,32-/m0/s1. The van der Waals surface area contributed by atoms with Crippen molar-refractivity contribution in [3.8, 4) is 0 Å². The van der Waals surface area contributed by atoms with E-state index < -0.39 is 17.4 Å². The zero-order valence-corrected chi connectivity index (χ0v) is 24.3. The molecule has 5 aliphatic rings. The second-order valence-corrected chi connectivity index (χ2v) is 15.1. The Kier molecular flexibility index (Phi) is 6.25. The number of hydrogen-bond donors (Lipinski definition) is 2. The molecule has 5 aliphatic carbocycles. The number of carbonyl (C=O) groups excluding carboxylic acids is 1. The summed E-state index contributed by atoms with van der Waals surface area (Å²) in [6, 6.07) is 0. The van der Waals surface area contributed by atoms with Crippen LogP contribution in [0.3, 0.4) is 0 Å². The molecule has 0 spiro atoms. The topological polar surface area (TPSA) is 101 Å². The van der Waals surface area contributed by atoms with Crippen LogP contribution in [0.25, 0.3) is 0 Å². The minimum atomic E-state index is -0.983. The van der Waals surface area contributed by atoms with Crippen LogP contribution in [-0.2, 0) is 19.1 Å². The third-order valence-electron chi connectivity index (χ3n) is 13.8. The highest BCUT2D eigenvalue weighted by atomic mass is 16.5. The molecule has 38 heavy (non-hydrogen) atoms. The van der Waals surface area contributed by atoms with Crippen LogP contribution in [0.15, 0.2) is 12.2 Å². The van der Waals surface area contributed by atoms with Crippen molar-refractivity contribution in [1.82, 2.24) is 0 Å². The van der Waals surface area contributed by atoms with Gasteiger partial charge in [0.15, 0.2) is 0 Å². The van der Waals surface area contributed by atoms with Crippen LogP contribution in [0.2, 0.25) is 0 Å². The van der Waals surface area contributed by atoms with Gasteiger partial charge < -0.3 is 14.9 Å². The van der Waals surface area contributed by atoms with Crippen molar-refractivity contribution >= 4 is 17.9 Å². The third kappa shape index (κ3) is 3.39. The number of carboxylic acid groups (broad SMARTS) is 2. The Morgan fingerprint density at radius 3 is 2.08 bits per heavy atom. The number of rotatable bonds is 4. The zero-order chi connectivity index (χ0) is 28.1. The predicted octanol–water partition coefficient (Wildman–Crippen LogP) is 6.73.